The normalized spacial score (nSPS) is 17.7. The Hall–Kier alpha value is -1.62. The van der Waals surface area contributed by atoms with Crippen LogP contribution >= 0.6 is 0 Å². The van der Waals surface area contributed by atoms with Gasteiger partial charge in [0, 0.05) is 18.5 Å². The molecule has 1 aliphatic rings. The van der Waals surface area contributed by atoms with Crippen LogP contribution in [-0.4, -0.2) is 36.7 Å². The third-order valence-corrected chi connectivity index (χ3v) is 2.39. The molecule has 0 bridgehead atoms. The van der Waals surface area contributed by atoms with E-state index in [2.05, 4.69) is 16.6 Å². The zero-order valence-corrected chi connectivity index (χ0v) is 10.9. The Morgan fingerprint density at radius 1 is 1.67 bits per heavy atom. The molecule has 5 heteroatoms. The number of rotatable bonds is 3. The second-order valence-corrected chi connectivity index (χ2v) is 3.86. The van der Waals surface area contributed by atoms with Crippen molar-refractivity contribution in [2.75, 3.05) is 13.7 Å². The highest BCUT2D eigenvalue weighted by molar-refractivity contribution is 5.88. The molecule has 0 spiro atoms. The van der Waals surface area contributed by atoms with Gasteiger partial charge in [-0.05, 0) is 19.3 Å². The van der Waals surface area contributed by atoms with Gasteiger partial charge in [0.1, 0.15) is 0 Å². The molecule has 0 aromatic heterocycles. The molecule has 0 heterocycles. The van der Waals surface area contributed by atoms with Crippen LogP contribution in [-0.2, 0) is 14.3 Å². The maximum atomic E-state index is 11.1. The number of aliphatic hydroxyl groups is 1. The molecule has 1 unspecified atom stereocenters. The number of methoxy groups -OCH3 is 1. The summed E-state index contributed by atoms with van der Waals surface area (Å²) in [4.78, 5) is 21.9. The summed E-state index contributed by atoms with van der Waals surface area (Å²) in [6.07, 6.45) is 5.47. The van der Waals surface area contributed by atoms with Gasteiger partial charge in [0.2, 0.25) is 5.91 Å². The lowest BCUT2D eigenvalue weighted by atomic mass is 9.95. The highest BCUT2D eigenvalue weighted by Crippen LogP contribution is 2.18. The van der Waals surface area contributed by atoms with Crippen molar-refractivity contribution in [2.24, 2.45) is 0 Å². The van der Waals surface area contributed by atoms with Crippen LogP contribution in [0.15, 0.2) is 24.3 Å². The molecule has 1 atom stereocenters. The zero-order chi connectivity index (χ0) is 14.0. The number of ether oxygens (including phenoxy) is 1. The predicted molar refractivity (Wildman–Crippen MR) is 68.8 cm³/mol. The van der Waals surface area contributed by atoms with Crippen molar-refractivity contribution in [2.45, 2.75) is 32.2 Å². The molecular formula is C13H21NO4. The van der Waals surface area contributed by atoms with Crippen molar-refractivity contribution < 1.29 is 19.4 Å². The standard InChI is InChI=1S/C10H15NO3.C3H6O/c1-7(12)11-9-5-3-8(4-6-9)10(13)14-2;1-2-3-4/h3,9H,4-6H2,1-2H3,(H,11,12);2,4H,1,3H2. The molecule has 2 N–H and O–H groups in total. The van der Waals surface area contributed by atoms with E-state index in [9.17, 15) is 9.59 Å². The van der Waals surface area contributed by atoms with Gasteiger partial charge < -0.3 is 15.2 Å². The Kier molecular flexibility index (Phi) is 8.57. The van der Waals surface area contributed by atoms with E-state index in [1.165, 1.54) is 20.1 Å². The molecule has 0 aromatic rings. The van der Waals surface area contributed by atoms with Gasteiger partial charge in [-0.25, -0.2) is 4.79 Å². The largest absolute Gasteiger partial charge is 0.466 e. The van der Waals surface area contributed by atoms with E-state index >= 15 is 0 Å². The minimum Gasteiger partial charge on any atom is -0.466 e. The third-order valence-electron chi connectivity index (χ3n) is 2.39. The molecule has 0 aromatic carbocycles. The quantitative estimate of drug-likeness (QED) is 0.581. The van der Waals surface area contributed by atoms with Crippen molar-refractivity contribution in [1.29, 1.82) is 0 Å². The highest BCUT2D eigenvalue weighted by Gasteiger charge is 2.19. The Bertz CT molecular complexity index is 323. The SMILES string of the molecule is C=CCO.COC(=O)C1=CCC(NC(C)=O)CC1. The van der Waals surface area contributed by atoms with E-state index in [1.807, 2.05) is 6.08 Å². The molecule has 5 nitrogen and oxygen atoms in total. The lowest BCUT2D eigenvalue weighted by molar-refractivity contribution is -0.136. The molecule has 102 valence electrons. The van der Waals surface area contributed by atoms with Gasteiger partial charge in [-0.2, -0.15) is 0 Å². The van der Waals surface area contributed by atoms with Gasteiger partial charge >= 0.3 is 5.97 Å². The van der Waals surface area contributed by atoms with Crippen molar-refractivity contribution in [3.63, 3.8) is 0 Å². The smallest absolute Gasteiger partial charge is 0.333 e. The maximum Gasteiger partial charge on any atom is 0.333 e. The first-order valence-electron chi connectivity index (χ1n) is 5.81. The number of amides is 1. The molecule has 0 fully saturated rings. The van der Waals surface area contributed by atoms with Crippen LogP contribution in [0, 0.1) is 0 Å². The van der Waals surface area contributed by atoms with Gasteiger partial charge in [0.05, 0.1) is 13.7 Å². The topological polar surface area (TPSA) is 75.6 Å². The number of carbonyl (C=O) groups is 2. The number of nitrogens with one attached hydrogen (secondary N) is 1. The van der Waals surface area contributed by atoms with Gasteiger partial charge in [-0.15, -0.1) is 6.58 Å². The van der Waals surface area contributed by atoms with E-state index in [-0.39, 0.29) is 24.5 Å². The number of hydrogen-bond donors (Lipinski definition) is 2. The molecule has 1 amide bonds. The van der Waals surface area contributed by atoms with E-state index in [0.29, 0.717) is 18.4 Å². The Morgan fingerprint density at radius 3 is 2.61 bits per heavy atom. The zero-order valence-electron chi connectivity index (χ0n) is 10.9. The minimum absolute atomic E-state index is 0.0232. The second-order valence-electron chi connectivity index (χ2n) is 3.86. The maximum absolute atomic E-state index is 11.1. The Balaban J connectivity index is 0.000000631. The minimum atomic E-state index is -0.258. The van der Waals surface area contributed by atoms with Crippen LogP contribution < -0.4 is 5.32 Å². The number of aliphatic hydroxyl groups excluding tert-OH is 1. The average Bonchev–Trinajstić information content (AvgIpc) is 2.38. The monoisotopic (exact) mass is 255 g/mol. The van der Waals surface area contributed by atoms with Crippen LogP contribution in [0.2, 0.25) is 0 Å². The molecule has 18 heavy (non-hydrogen) atoms. The molecule has 0 radical (unpaired) electrons. The summed E-state index contributed by atoms with van der Waals surface area (Å²) >= 11 is 0. The molecular weight excluding hydrogens is 234 g/mol. The molecule has 0 aliphatic heterocycles. The number of carbonyl (C=O) groups excluding carboxylic acids is 2. The third kappa shape index (κ3) is 6.85. The van der Waals surface area contributed by atoms with Crippen molar-refractivity contribution in [1.82, 2.24) is 5.32 Å². The number of esters is 1. The fraction of sp³-hybridized carbons (Fsp3) is 0.538. The summed E-state index contributed by atoms with van der Waals surface area (Å²) in [5.74, 6) is -0.281. The molecule has 0 saturated carbocycles. The van der Waals surface area contributed by atoms with Crippen LogP contribution in [0.25, 0.3) is 0 Å². The fourth-order valence-corrected chi connectivity index (χ4v) is 1.57. The summed E-state index contributed by atoms with van der Waals surface area (Å²) in [5.41, 5.74) is 0.717. The highest BCUT2D eigenvalue weighted by atomic mass is 16.5. The summed E-state index contributed by atoms with van der Waals surface area (Å²) in [6.45, 7) is 4.81. The van der Waals surface area contributed by atoms with Gasteiger partial charge in [-0.1, -0.05) is 12.2 Å². The Morgan fingerprint density at radius 2 is 2.28 bits per heavy atom. The van der Waals surface area contributed by atoms with E-state index in [4.69, 9.17) is 5.11 Å². The van der Waals surface area contributed by atoms with E-state index in [1.54, 1.807) is 0 Å². The first-order valence-corrected chi connectivity index (χ1v) is 5.81. The summed E-state index contributed by atoms with van der Waals surface area (Å²) in [6, 6.07) is 0.168. The lowest BCUT2D eigenvalue weighted by Crippen LogP contribution is -2.34. The average molecular weight is 255 g/mol. The first kappa shape index (κ1) is 16.4. The predicted octanol–water partition coefficient (Wildman–Crippen LogP) is 0.939. The summed E-state index contributed by atoms with van der Waals surface area (Å²) in [5, 5.41) is 10.6. The molecule has 0 saturated heterocycles. The fourth-order valence-electron chi connectivity index (χ4n) is 1.57. The first-order chi connectivity index (χ1) is 8.54. The van der Waals surface area contributed by atoms with Crippen LogP contribution in [0.4, 0.5) is 0 Å². The lowest BCUT2D eigenvalue weighted by Gasteiger charge is -2.21. The summed E-state index contributed by atoms with van der Waals surface area (Å²) in [7, 11) is 1.38. The van der Waals surface area contributed by atoms with Gasteiger partial charge in [-0.3, -0.25) is 4.79 Å². The van der Waals surface area contributed by atoms with Crippen molar-refractivity contribution in [3.05, 3.63) is 24.3 Å². The Labute approximate surface area is 108 Å². The van der Waals surface area contributed by atoms with Crippen LogP contribution in [0.5, 0.6) is 0 Å². The van der Waals surface area contributed by atoms with Gasteiger partial charge in [0.15, 0.2) is 0 Å². The second kappa shape index (κ2) is 9.41. The van der Waals surface area contributed by atoms with Crippen molar-refractivity contribution >= 4 is 11.9 Å². The van der Waals surface area contributed by atoms with Crippen LogP contribution in [0.3, 0.4) is 0 Å². The van der Waals surface area contributed by atoms with Gasteiger partial charge in [0.25, 0.3) is 0 Å². The number of hydrogen-bond acceptors (Lipinski definition) is 4. The van der Waals surface area contributed by atoms with Crippen LogP contribution in [0.1, 0.15) is 26.2 Å². The van der Waals surface area contributed by atoms with E-state index in [0.717, 1.165) is 6.42 Å². The van der Waals surface area contributed by atoms with Crippen molar-refractivity contribution in [3.8, 4) is 0 Å². The molecule has 1 rings (SSSR count). The molecule has 1 aliphatic carbocycles. The van der Waals surface area contributed by atoms with E-state index < -0.39 is 0 Å². The summed E-state index contributed by atoms with van der Waals surface area (Å²) < 4.78 is 4.61.